The maximum Gasteiger partial charge on any atom is 0.142 e. The predicted molar refractivity (Wildman–Crippen MR) is 73.4 cm³/mol. The largest absolute Gasteiger partial charge is 0.368 e. The summed E-state index contributed by atoms with van der Waals surface area (Å²) in [6.07, 6.45) is 2.78. The topological polar surface area (TPSA) is 79.9 Å². The van der Waals surface area contributed by atoms with Gasteiger partial charge < -0.3 is 9.64 Å². The molecule has 0 aliphatic carbocycles. The summed E-state index contributed by atoms with van der Waals surface area (Å²) in [7, 11) is 0. The summed E-state index contributed by atoms with van der Waals surface area (Å²) in [6, 6.07) is 7.84. The molecule has 0 saturated carbocycles. The molecule has 106 valence electrons. The van der Waals surface area contributed by atoms with Gasteiger partial charge in [0.1, 0.15) is 17.6 Å². The third kappa shape index (κ3) is 2.04. The van der Waals surface area contributed by atoms with E-state index in [2.05, 4.69) is 26.3 Å². The van der Waals surface area contributed by atoms with Gasteiger partial charge in [0, 0.05) is 13.1 Å². The van der Waals surface area contributed by atoms with Crippen LogP contribution in [0.4, 0.5) is 5.82 Å². The van der Waals surface area contributed by atoms with Crippen LogP contribution in [-0.4, -0.2) is 39.2 Å². The second-order valence-corrected chi connectivity index (χ2v) is 5.31. The van der Waals surface area contributed by atoms with Crippen molar-refractivity contribution in [2.45, 2.75) is 25.2 Å². The number of anilines is 1. The van der Waals surface area contributed by atoms with Gasteiger partial charge in [-0.15, -0.1) is 5.10 Å². The molecule has 7 nitrogen and oxygen atoms in total. The average molecular weight is 282 g/mol. The number of fused-ring (bicyclic) bond motifs is 3. The molecule has 0 spiro atoms. The van der Waals surface area contributed by atoms with E-state index in [1.165, 1.54) is 0 Å². The van der Waals surface area contributed by atoms with Crippen molar-refractivity contribution in [2.75, 3.05) is 18.0 Å². The lowest BCUT2D eigenvalue weighted by atomic mass is 10.00. The van der Waals surface area contributed by atoms with Gasteiger partial charge in [-0.2, -0.15) is 5.26 Å². The minimum Gasteiger partial charge on any atom is -0.368 e. The van der Waals surface area contributed by atoms with Gasteiger partial charge in [-0.25, -0.2) is 9.67 Å². The fraction of sp³-hybridized carbons (Fsp3) is 0.429. The maximum atomic E-state index is 8.96. The van der Waals surface area contributed by atoms with Crippen molar-refractivity contribution < 1.29 is 4.74 Å². The highest BCUT2D eigenvalue weighted by molar-refractivity contribution is 5.42. The molecule has 0 radical (unpaired) electrons. The van der Waals surface area contributed by atoms with Crippen LogP contribution in [0.25, 0.3) is 0 Å². The molecule has 0 amide bonds. The Hall–Kier alpha value is -2.46. The first-order chi connectivity index (χ1) is 10.3. The fourth-order valence-corrected chi connectivity index (χ4v) is 3.06. The molecule has 4 heterocycles. The zero-order valence-electron chi connectivity index (χ0n) is 11.4. The molecule has 2 aliphatic heterocycles. The number of hydrogen-bond acceptors (Lipinski definition) is 6. The van der Waals surface area contributed by atoms with Crippen molar-refractivity contribution in [1.82, 2.24) is 20.0 Å². The van der Waals surface area contributed by atoms with Crippen LogP contribution in [0.5, 0.6) is 0 Å². The summed E-state index contributed by atoms with van der Waals surface area (Å²) in [5, 5.41) is 17.1. The molecule has 0 bridgehead atoms. The van der Waals surface area contributed by atoms with Crippen LogP contribution in [0.3, 0.4) is 0 Å². The van der Waals surface area contributed by atoms with E-state index in [0.717, 1.165) is 31.0 Å². The van der Waals surface area contributed by atoms with Crippen LogP contribution in [0.1, 0.15) is 23.9 Å². The Morgan fingerprint density at radius 3 is 3.24 bits per heavy atom. The van der Waals surface area contributed by atoms with E-state index in [1.54, 1.807) is 12.3 Å². The predicted octanol–water partition coefficient (Wildman–Crippen LogP) is 0.895. The lowest BCUT2D eigenvalue weighted by molar-refractivity contribution is -0.0335. The Morgan fingerprint density at radius 2 is 2.33 bits per heavy atom. The van der Waals surface area contributed by atoms with Crippen LogP contribution in [0, 0.1) is 11.3 Å². The highest BCUT2D eigenvalue weighted by Crippen LogP contribution is 2.31. The van der Waals surface area contributed by atoms with Gasteiger partial charge in [-0.1, -0.05) is 11.3 Å². The summed E-state index contributed by atoms with van der Waals surface area (Å²) in [4.78, 5) is 6.53. The molecule has 0 unspecified atom stereocenters. The lowest BCUT2D eigenvalue weighted by Crippen LogP contribution is -2.48. The van der Waals surface area contributed by atoms with E-state index in [1.807, 2.05) is 16.8 Å². The van der Waals surface area contributed by atoms with E-state index in [-0.39, 0.29) is 12.1 Å². The van der Waals surface area contributed by atoms with Crippen LogP contribution in [0.2, 0.25) is 0 Å². The Kier molecular flexibility index (Phi) is 2.82. The molecule has 2 atom stereocenters. The SMILES string of the molecule is N#Cc1cccc(N2CC[C@H]3[C@H](C2)OCc2cnnn23)n1. The van der Waals surface area contributed by atoms with Crippen LogP contribution >= 0.6 is 0 Å². The molecule has 7 heteroatoms. The minimum absolute atomic E-state index is 0.0838. The normalized spacial score (nSPS) is 24.0. The first kappa shape index (κ1) is 12.3. The Balaban J connectivity index is 1.57. The Bertz CT molecular complexity index is 705. The van der Waals surface area contributed by atoms with Gasteiger partial charge in [-0.05, 0) is 18.6 Å². The monoisotopic (exact) mass is 282 g/mol. The van der Waals surface area contributed by atoms with E-state index in [0.29, 0.717) is 12.3 Å². The number of nitriles is 1. The van der Waals surface area contributed by atoms with Gasteiger partial charge in [0.05, 0.1) is 30.6 Å². The third-order valence-electron chi connectivity index (χ3n) is 4.11. The molecule has 0 N–H and O–H groups in total. The molecule has 0 aromatic carbocycles. The van der Waals surface area contributed by atoms with Gasteiger partial charge in [0.25, 0.3) is 0 Å². The summed E-state index contributed by atoms with van der Waals surface area (Å²) in [5.74, 6) is 0.834. The maximum absolute atomic E-state index is 8.96. The first-order valence-electron chi connectivity index (χ1n) is 6.98. The van der Waals surface area contributed by atoms with Crippen LogP contribution in [-0.2, 0) is 11.3 Å². The molecule has 2 aromatic rings. The average Bonchev–Trinajstić information content (AvgIpc) is 3.03. The molecule has 4 rings (SSSR count). The molecule has 2 aliphatic rings. The van der Waals surface area contributed by atoms with Gasteiger partial charge >= 0.3 is 0 Å². The third-order valence-corrected chi connectivity index (χ3v) is 4.11. The van der Waals surface area contributed by atoms with Crippen molar-refractivity contribution >= 4 is 5.82 Å². The second kappa shape index (κ2) is 4.82. The van der Waals surface area contributed by atoms with Crippen molar-refractivity contribution in [3.63, 3.8) is 0 Å². The summed E-state index contributed by atoms with van der Waals surface area (Å²) in [6.45, 7) is 2.17. The number of piperidine rings is 1. The number of aromatic nitrogens is 4. The molecule has 1 saturated heterocycles. The van der Waals surface area contributed by atoms with E-state index < -0.39 is 0 Å². The van der Waals surface area contributed by atoms with E-state index in [4.69, 9.17) is 10.00 Å². The van der Waals surface area contributed by atoms with Crippen molar-refractivity contribution in [3.8, 4) is 6.07 Å². The number of ether oxygens (including phenoxy) is 1. The second-order valence-electron chi connectivity index (χ2n) is 5.31. The van der Waals surface area contributed by atoms with Crippen molar-refractivity contribution in [2.24, 2.45) is 0 Å². The number of pyridine rings is 1. The first-order valence-corrected chi connectivity index (χ1v) is 6.98. The standard InChI is InChI=1S/C14H14N6O/c15-6-10-2-1-3-14(17-10)19-5-4-12-13(8-19)21-9-11-7-16-18-20(11)12/h1-3,7,12-13H,4-5,8-9H2/t12-,13-/m0/s1. The smallest absolute Gasteiger partial charge is 0.142 e. The summed E-state index contributed by atoms with van der Waals surface area (Å²) in [5.41, 5.74) is 1.48. The molecular formula is C14H14N6O. The fourth-order valence-electron chi connectivity index (χ4n) is 3.06. The molecular weight excluding hydrogens is 268 g/mol. The van der Waals surface area contributed by atoms with Gasteiger partial charge in [0.2, 0.25) is 0 Å². The highest BCUT2D eigenvalue weighted by Gasteiger charge is 2.36. The Morgan fingerprint density at radius 1 is 1.38 bits per heavy atom. The number of nitrogens with zero attached hydrogens (tertiary/aromatic N) is 6. The zero-order valence-corrected chi connectivity index (χ0v) is 11.4. The number of rotatable bonds is 1. The Labute approximate surface area is 121 Å². The summed E-state index contributed by atoms with van der Waals surface area (Å²) >= 11 is 0. The highest BCUT2D eigenvalue weighted by atomic mass is 16.5. The molecule has 2 aromatic heterocycles. The lowest BCUT2D eigenvalue weighted by Gasteiger charge is -2.41. The van der Waals surface area contributed by atoms with Gasteiger partial charge in [0.15, 0.2) is 0 Å². The zero-order chi connectivity index (χ0) is 14.2. The van der Waals surface area contributed by atoms with Gasteiger partial charge in [-0.3, -0.25) is 0 Å². The number of hydrogen-bond donors (Lipinski definition) is 0. The summed E-state index contributed by atoms with van der Waals surface area (Å²) < 4.78 is 7.93. The van der Waals surface area contributed by atoms with Crippen molar-refractivity contribution in [1.29, 1.82) is 5.26 Å². The minimum atomic E-state index is 0.0838. The van der Waals surface area contributed by atoms with E-state index in [9.17, 15) is 0 Å². The van der Waals surface area contributed by atoms with E-state index >= 15 is 0 Å². The van der Waals surface area contributed by atoms with Crippen molar-refractivity contribution in [3.05, 3.63) is 35.8 Å². The molecule has 1 fully saturated rings. The van der Waals surface area contributed by atoms with Crippen LogP contribution in [0.15, 0.2) is 24.4 Å². The quantitative estimate of drug-likeness (QED) is 0.773. The van der Waals surface area contributed by atoms with Crippen LogP contribution < -0.4 is 4.90 Å². The molecule has 21 heavy (non-hydrogen) atoms.